The van der Waals surface area contributed by atoms with Crippen molar-refractivity contribution >= 4 is 27.5 Å². The van der Waals surface area contributed by atoms with E-state index in [0.29, 0.717) is 0 Å². The highest BCUT2D eigenvalue weighted by molar-refractivity contribution is 9.10. The lowest BCUT2D eigenvalue weighted by Gasteiger charge is -2.06. The molecule has 19 heavy (non-hydrogen) atoms. The molecule has 2 rings (SSSR count). The lowest BCUT2D eigenvalue weighted by Crippen LogP contribution is -2.14. The van der Waals surface area contributed by atoms with E-state index in [-0.39, 0.29) is 11.7 Å². The molecule has 0 unspecified atom stereocenters. The highest BCUT2D eigenvalue weighted by atomic mass is 79.9. The first-order valence-electron chi connectivity index (χ1n) is 6.09. The number of amides is 1. The summed E-state index contributed by atoms with van der Waals surface area (Å²) >= 11 is 3.39. The van der Waals surface area contributed by atoms with Crippen molar-refractivity contribution in [3.63, 3.8) is 0 Å². The number of aromatic nitrogens is 3. The van der Waals surface area contributed by atoms with Gasteiger partial charge in [-0.15, -0.1) is 5.10 Å². The van der Waals surface area contributed by atoms with Crippen LogP contribution >= 0.6 is 15.9 Å². The quantitative estimate of drug-likeness (QED) is 0.908. The molecule has 0 saturated carbocycles. The van der Waals surface area contributed by atoms with Gasteiger partial charge in [-0.1, -0.05) is 22.9 Å². The molecule has 100 valence electrons. The molecule has 5 nitrogen and oxygen atoms in total. The molecule has 1 amide bonds. The molecule has 0 fully saturated rings. The van der Waals surface area contributed by atoms with Crippen LogP contribution in [0.25, 0.3) is 0 Å². The minimum absolute atomic E-state index is 0.172. The van der Waals surface area contributed by atoms with Crippen LogP contribution in [0, 0.1) is 6.92 Å². The average molecular weight is 323 g/mol. The number of nitrogens with zero attached hydrogens (tertiary/aromatic N) is 2. The van der Waals surface area contributed by atoms with Gasteiger partial charge in [0.15, 0.2) is 0 Å². The van der Waals surface area contributed by atoms with Crippen molar-refractivity contribution < 1.29 is 4.79 Å². The summed E-state index contributed by atoms with van der Waals surface area (Å²) in [5.41, 5.74) is 1.74. The number of halogens is 1. The van der Waals surface area contributed by atoms with E-state index in [2.05, 4.69) is 36.4 Å². The highest BCUT2D eigenvalue weighted by Crippen LogP contribution is 2.20. The van der Waals surface area contributed by atoms with Gasteiger partial charge in [0.25, 0.3) is 5.91 Å². The second kappa shape index (κ2) is 5.97. The summed E-state index contributed by atoms with van der Waals surface area (Å²) < 4.78 is 0.978. The summed E-state index contributed by atoms with van der Waals surface area (Å²) in [6.45, 7) is 3.98. The highest BCUT2D eigenvalue weighted by Gasteiger charge is 2.13. The molecule has 0 saturated heterocycles. The van der Waals surface area contributed by atoms with Crippen molar-refractivity contribution in [2.45, 2.75) is 26.7 Å². The predicted octanol–water partition coefficient (Wildman–Crippen LogP) is 3.08. The Hall–Kier alpha value is -1.69. The summed E-state index contributed by atoms with van der Waals surface area (Å²) in [6.07, 6.45) is 1.75. The number of hydrogen-bond donors (Lipinski definition) is 2. The average Bonchev–Trinajstić information content (AvgIpc) is 2.82. The number of aryl methyl sites for hydroxylation is 2. The Morgan fingerprint density at radius 2 is 2.26 bits per heavy atom. The van der Waals surface area contributed by atoms with Crippen molar-refractivity contribution in [2.75, 3.05) is 5.32 Å². The molecule has 1 aromatic carbocycles. The lowest BCUT2D eigenvalue weighted by atomic mass is 10.2. The molecule has 1 aromatic heterocycles. The van der Waals surface area contributed by atoms with Gasteiger partial charge in [0.05, 0.1) is 0 Å². The predicted molar refractivity (Wildman–Crippen MR) is 77.2 cm³/mol. The van der Waals surface area contributed by atoms with Crippen LogP contribution in [0.15, 0.2) is 22.7 Å². The molecule has 0 radical (unpaired) electrons. The van der Waals surface area contributed by atoms with Gasteiger partial charge in [-0.3, -0.25) is 9.89 Å². The van der Waals surface area contributed by atoms with E-state index in [1.54, 1.807) is 0 Å². The molecule has 2 aromatic rings. The van der Waals surface area contributed by atoms with Crippen LogP contribution in [-0.4, -0.2) is 21.1 Å². The summed E-state index contributed by atoms with van der Waals surface area (Å²) in [5, 5.41) is 9.49. The van der Waals surface area contributed by atoms with Gasteiger partial charge in [-0.05, 0) is 37.1 Å². The van der Waals surface area contributed by atoms with E-state index in [0.717, 1.165) is 34.4 Å². The summed E-state index contributed by atoms with van der Waals surface area (Å²) in [7, 11) is 0. The van der Waals surface area contributed by atoms with E-state index < -0.39 is 0 Å². The Kier molecular flexibility index (Phi) is 4.31. The standard InChI is InChI=1S/C13H15BrN4O/c1-3-4-11-16-12(18-17-11)13(19)15-10-6-5-9(14)7-8(10)2/h5-7H,3-4H2,1-2H3,(H,15,19)(H,16,17,18). The number of H-pyrrole nitrogens is 1. The molecule has 2 N–H and O–H groups in total. The zero-order valence-electron chi connectivity index (χ0n) is 10.8. The van der Waals surface area contributed by atoms with E-state index in [9.17, 15) is 4.79 Å². The Labute approximate surface area is 120 Å². The number of benzene rings is 1. The van der Waals surface area contributed by atoms with Gasteiger partial charge in [-0.2, -0.15) is 0 Å². The van der Waals surface area contributed by atoms with Crippen molar-refractivity contribution in [2.24, 2.45) is 0 Å². The number of anilines is 1. The van der Waals surface area contributed by atoms with Gasteiger partial charge < -0.3 is 5.32 Å². The van der Waals surface area contributed by atoms with Crippen molar-refractivity contribution in [1.29, 1.82) is 0 Å². The number of carbonyl (C=O) groups excluding carboxylic acids is 1. The Morgan fingerprint density at radius 3 is 2.95 bits per heavy atom. The SMILES string of the molecule is CCCc1nc(C(=O)Nc2ccc(Br)cc2C)n[nH]1. The van der Waals surface area contributed by atoms with Crippen LogP contribution < -0.4 is 5.32 Å². The third kappa shape index (κ3) is 3.41. The van der Waals surface area contributed by atoms with E-state index in [1.165, 1.54) is 0 Å². The molecule has 0 bridgehead atoms. The monoisotopic (exact) mass is 322 g/mol. The molecular formula is C13H15BrN4O. The molecule has 0 aliphatic rings. The van der Waals surface area contributed by atoms with Gasteiger partial charge in [0.1, 0.15) is 5.82 Å². The molecular weight excluding hydrogens is 308 g/mol. The van der Waals surface area contributed by atoms with Gasteiger partial charge in [-0.25, -0.2) is 4.98 Å². The fourth-order valence-electron chi connectivity index (χ4n) is 1.69. The van der Waals surface area contributed by atoms with E-state index in [4.69, 9.17) is 0 Å². The Bertz CT molecular complexity index is 594. The number of hydrogen-bond acceptors (Lipinski definition) is 3. The van der Waals surface area contributed by atoms with Crippen molar-refractivity contribution in [3.8, 4) is 0 Å². The third-order valence-electron chi connectivity index (χ3n) is 2.66. The zero-order valence-corrected chi connectivity index (χ0v) is 12.4. The largest absolute Gasteiger partial charge is 0.319 e. The zero-order chi connectivity index (χ0) is 13.8. The number of aromatic amines is 1. The smallest absolute Gasteiger partial charge is 0.295 e. The number of rotatable bonds is 4. The summed E-state index contributed by atoms with van der Waals surface area (Å²) in [6, 6.07) is 5.66. The summed E-state index contributed by atoms with van der Waals surface area (Å²) in [5.74, 6) is 0.606. The van der Waals surface area contributed by atoms with Crippen LogP contribution in [0.3, 0.4) is 0 Å². The van der Waals surface area contributed by atoms with Crippen LogP contribution in [0.2, 0.25) is 0 Å². The second-order valence-corrected chi connectivity index (χ2v) is 5.18. The van der Waals surface area contributed by atoms with Crippen LogP contribution in [-0.2, 0) is 6.42 Å². The first-order valence-corrected chi connectivity index (χ1v) is 6.88. The maximum Gasteiger partial charge on any atom is 0.295 e. The maximum atomic E-state index is 12.0. The molecule has 0 aliphatic carbocycles. The van der Waals surface area contributed by atoms with E-state index >= 15 is 0 Å². The molecule has 6 heteroatoms. The second-order valence-electron chi connectivity index (χ2n) is 4.27. The Morgan fingerprint density at radius 1 is 1.47 bits per heavy atom. The van der Waals surface area contributed by atoms with E-state index in [1.807, 2.05) is 32.0 Å². The first kappa shape index (κ1) is 13.7. The summed E-state index contributed by atoms with van der Waals surface area (Å²) in [4.78, 5) is 16.2. The first-order chi connectivity index (χ1) is 9.10. The third-order valence-corrected chi connectivity index (χ3v) is 3.15. The van der Waals surface area contributed by atoms with Crippen molar-refractivity contribution in [1.82, 2.24) is 15.2 Å². The van der Waals surface area contributed by atoms with Crippen LogP contribution in [0.1, 0.15) is 35.4 Å². The van der Waals surface area contributed by atoms with Gasteiger partial charge in [0, 0.05) is 16.6 Å². The number of carbonyl (C=O) groups is 1. The fourth-order valence-corrected chi connectivity index (χ4v) is 2.17. The minimum Gasteiger partial charge on any atom is -0.319 e. The van der Waals surface area contributed by atoms with Gasteiger partial charge in [0.2, 0.25) is 5.82 Å². The fraction of sp³-hybridized carbons (Fsp3) is 0.308. The molecule has 0 atom stereocenters. The minimum atomic E-state index is -0.302. The topological polar surface area (TPSA) is 70.7 Å². The molecule has 1 heterocycles. The lowest BCUT2D eigenvalue weighted by molar-refractivity contribution is 0.101. The van der Waals surface area contributed by atoms with Crippen LogP contribution in [0.5, 0.6) is 0 Å². The Balaban J connectivity index is 2.11. The van der Waals surface area contributed by atoms with Gasteiger partial charge >= 0.3 is 0 Å². The number of nitrogens with one attached hydrogen (secondary N) is 2. The normalized spacial score (nSPS) is 10.5. The van der Waals surface area contributed by atoms with Crippen LogP contribution in [0.4, 0.5) is 5.69 Å². The molecule has 0 spiro atoms. The van der Waals surface area contributed by atoms with Crippen molar-refractivity contribution in [3.05, 3.63) is 39.9 Å². The maximum absolute atomic E-state index is 12.0. The molecule has 0 aliphatic heterocycles.